The van der Waals surface area contributed by atoms with Gasteiger partial charge in [0, 0.05) is 18.9 Å². The lowest BCUT2D eigenvalue weighted by atomic mass is 10.2. The van der Waals surface area contributed by atoms with Gasteiger partial charge in [-0.2, -0.15) is 11.8 Å². The Morgan fingerprint density at radius 3 is 2.79 bits per heavy atom. The molecule has 0 aliphatic carbocycles. The molecule has 0 bridgehead atoms. The molecule has 19 heavy (non-hydrogen) atoms. The van der Waals surface area contributed by atoms with Crippen LogP contribution in [0.2, 0.25) is 0 Å². The number of carboxylic acids is 1. The number of halogens is 2. The normalized spacial score (nSPS) is 10.5. The molecule has 0 saturated heterocycles. The fraction of sp³-hybridized carbons (Fsp3) is 0.417. The van der Waals surface area contributed by atoms with Gasteiger partial charge in [0.15, 0.2) is 5.82 Å². The van der Waals surface area contributed by atoms with Crippen LogP contribution in [0.1, 0.15) is 16.8 Å². The number of anilines is 1. The Labute approximate surface area is 123 Å². The number of carboxylic acid groups (broad SMARTS) is 1. The van der Waals surface area contributed by atoms with Crippen LogP contribution >= 0.6 is 27.7 Å². The average Bonchev–Trinajstić information content (AvgIpc) is 2.38. The van der Waals surface area contributed by atoms with Crippen molar-refractivity contribution < 1.29 is 19.4 Å². The van der Waals surface area contributed by atoms with Crippen molar-refractivity contribution in [1.29, 1.82) is 0 Å². The zero-order valence-corrected chi connectivity index (χ0v) is 12.6. The van der Waals surface area contributed by atoms with E-state index in [2.05, 4.69) is 21.2 Å². The van der Waals surface area contributed by atoms with Gasteiger partial charge in [0.25, 0.3) is 0 Å². The van der Waals surface area contributed by atoms with E-state index in [1.165, 1.54) is 12.1 Å². The first-order valence-corrected chi connectivity index (χ1v) is 7.66. The average molecular weight is 352 g/mol. The molecule has 0 aromatic heterocycles. The van der Waals surface area contributed by atoms with Gasteiger partial charge in [-0.3, -0.25) is 0 Å². The van der Waals surface area contributed by atoms with Crippen LogP contribution in [-0.2, 0) is 0 Å². The molecule has 7 heteroatoms. The van der Waals surface area contributed by atoms with E-state index in [0.29, 0.717) is 6.54 Å². The summed E-state index contributed by atoms with van der Waals surface area (Å²) in [4.78, 5) is 10.8. The molecule has 3 N–H and O–H groups in total. The highest BCUT2D eigenvalue weighted by Gasteiger charge is 2.15. The van der Waals surface area contributed by atoms with Crippen LogP contribution in [0.25, 0.3) is 0 Å². The standard InChI is InChI=1S/C12H15BrFNO3S/c13-10-8(12(17)18)2-3-9(11(10)14)15-4-7-19-6-1-5-16/h2-3,15-16H,1,4-7H2,(H,17,18). The smallest absolute Gasteiger partial charge is 0.336 e. The van der Waals surface area contributed by atoms with Crippen molar-refractivity contribution in [3.63, 3.8) is 0 Å². The largest absolute Gasteiger partial charge is 0.478 e. The molecule has 0 saturated carbocycles. The Kier molecular flexibility index (Phi) is 7.19. The molecule has 0 amide bonds. The fourth-order valence-corrected chi connectivity index (χ4v) is 2.68. The van der Waals surface area contributed by atoms with E-state index in [4.69, 9.17) is 10.2 Å². The van der Waals surface area contributed by atoms with Crippen LogP contribution in [0.15, 0.2) is 16.6 Å². The molecule has 0 aliphatic rings. The van der Waals surface area contributed by atoms with Crippen molar-refractivity contribution in [2.75, 3.05) is 30.0 Å². The van der Waals surface area contributed by atoms with Crippen LogP contribution in [0.3, 0.4) is 0 Å². The maximum atomic E-state index is 13.8. The Balaban J connectivity index is 2.51. The molecule has 0 aliphatic heterocycles. The molecule has 0 heterocycles. The summed E-state index contributed by atoms with van der Waals surface area (Å²) in [6.45, 7) is 0.754. The predicted octanol–water partition coefficient (Wildman–Crippen LogP) is 2.81. The van der Waals surface area contributed by atoms with Crippen molar-refractivity contribution in [3.05, 3.63) is 28.0 Å². The Bertz CT molecular complexity index is 445. The molecule has 0 unspecified atom stereocenters. The molecule has 0 radical (unpaired) electrons. The number of hydrogen-bond donors (Lipinski definition) is 3. The number of nitrogens with one attached hydrogen (secondary N) is 1. The van der Waals surface area contributed by atoms with E-state index in [-0.39, 0.29) is 22.3 Å². The minimum absolute atomic E-state index is 0.0436. The highest BCUT2D eigenvalue weighted by atomic mass is 79.9. The van der Waals surface area contributed by atoms with E-state index in [9.17, 15) is 9.18 Å². The molecule has 0 spiro atoms. The number of benzene rings is 1. The Morgan fingerprint density at radius 2 is 2.16 bits per heavy atom. The quantitative estimate of drug-likeness (QED) is 0.628. The van der Waals surface area contributed by atoms with Crippen molar-refractivity contribution >= 4 is 39.3 Å². The van der Waals surface area contributed by atoms with E-state index in [0.717, 1.165) is 17.9 Å². The molecular formula is C12H15BrFNO3S. The highest BCUT2D eigenvalue weighted by Crippen LogP contribution is 2.27. The lowest BCUT2D eigenvalue weighted by Gasteiger charge is -2.09. The van der Waals surface area contributed by atoms with Crippen molar-refractivity contribution in [3.8, 4) is 0 Å². The first kappa shape index (κ1) is 16.3. The van der Waals surface area contributed by atoms with E-state index in [1.807, 2.05) is 0 Å². The van der Waals surface area contributed by atoms with E-state index < -0.39 is 11.8 Å². The molecule has 1 aromatic rings. The number of thioether (sulfide) groups is 1. The third-order valence-corrected chi connectivity index (χ3v) is 4.17. The number of aliphatic hydroxyl groups is 1. The molecule has 1 aromatic carbocycles. The van der Waals surface area contributed by atoms with Crippen molar-refractivity contribution in [1.82, 2.24) is 0 Å². The predicted molar refractivity (Wildman–Crippen MR) is 78.6 cm³/mol. The van der Waals surface area contributed by atoms with Gasteiger partial charge in [0.2, 0.25) is 0 Å². The SMILES string of the molecule is O=C(O)c1ccc(NCCSCCCO)c(F)c1Br. The maximum Gasteiger partial charge on any atom is 0.336 e. The van der Waals surface area contributed by atoms with Gasteiger partial charge in [-0.1, -0.05) is 0 Å². The van der Waals surface area contributed by atoms with E-state index >= 15 is 0 Å². The minimum Gasteiger partial charge on any atom is -0.478 e. The summed E-state index contributed by atoms with van der Waals surface area (Å²) in [6, 6.07) is 2.78. The third kappa shape index (κ3) is 5.00. The van der Waals surface area contributed by atoms with Crippen molar-refractivity contribution in [2.24, 2.45) is 0 Å². The summed E-state index contributed by atoms with van der Waals surface area (Å²) in [5.41, 5.74) is 0.181. The third-order valence-electron chi connectivity index (χ3n) is 2.32. The van der Waals surface area contributed by atoms with Crippen LogP contribution in [0.5, 0.6) is 0 Å². The van der Waals surface area contributed by atoms with Crippen LogP contribution < -0.4 is 5.32 Å². The van der Waals surface area contributed by atoms with Crippen LogP contribution in [0.4, 0.5) is 10.1 Å². The first-order chi connectivity index (χ1) is 9.07. The summed E-state index contributed by atoms with van der Waals surface area (Å²) in [6.07, 6.45) is 0.748. The number of aromatic carboxylic acids is 1. The number of aliphatic hydroxyl groups excluding tert-OH is 1. The Hall–Kier alpha value is -0.790. The maximum absolute atomic E-state index is 13.8. The van der Waals surface area contributed by atoms with Gasteiger partial charge >= 0.3 is 5.97 Å². The highest BCUT2D eigenvalue weighted by molar-refractivity contribution is 9.10. The molecule has 4 nitrogen and oxygen atoms in total. The summed E-state index contributed by atoms with van der Waals surface area (Å²) in [7, 11) is 0. The van der Waals surface area contributed by atoms with Gasteiger partial charge in [-0.15, -0.1) is 0 Å². The lowest BCUT2D eigenvalue weighted by molar-refractivity contribution is 0.0695. The zero-order valence-electron chi connectivity index (χ0n) is 10.2. The van der Waals surface area contributed by atoms with Crippen LogP contribution in [-0.4, -0.2) is 40.8 Å². The summed E-state index contributed by atoms with van der Waals surface area (Å²) >= 11 is 4.61. The zero-order chi connectivity index (χ0) is 14.3. The topological polar surface area (TPSA) is 69.6 Å². The summed E-state index contributed by atoms with van der Waals surface area (Å²) < 4.78 is 13.8. The number of carbonyl (C=O) groups is 1. The molecule has 0 fully saturated rings. The van der Waals surface area contributed by atoms with Crippen LogP contribution in [0, 0.1) is 5.82 Å². The van der Waals surface area contributed by atoms with Gasteiger partial charge in [0.1, 0.15) is 0 Å². The summed E-state index contributed by atoms with van der Waals surface area (Å²) in [5, 5.41) is 20.4. The second-order valence-corrected chi connectivity index (χ2v) is 5.73. The van der Waals surface area contributed by atoms with Gasteiger partial charge in [-0.25, -0.2) is 9.18 Å². The van der Waals surface area contributed by atoms with Gasteiger partial charge in [-0.05, 0) is 40.2 Å². The first-order valence-electron chi connectivity index (χ1n) is 5.71. The van der Waals surface area contributed by atoms with Crippen molar-refractivity contribution in [2.45, 2.75) is 6.42 Å². The Morgan fingerprint density at radius 1 is 1.42 bits per heavy atom. The molecule has 0 atom stereocenters. The lowest BCUT2D eigenvalue weighted by Crippen LogP contribution is -2.08. The number of rotatable bonds is 8. The minimum atomic E-state index is -1.17. The van der Waals surface area contributed by atoms with E-state index in [1.54, 1.807) is 11.8 Å². The molecule has 106 valence electrons. The van der Waals surface area contributed by atoms with Gasteiger partial charge in [0.05, 0.1) is 15.7 Å². The second-order valence-electron chi connectivity index (χ2n) is 3.71. The monoisotopic (exact) mass is 351 g/mol. The fourth-order valence-electron chi connectivity index (χ4n) is 1.38. The molecule has 1 rings (SSSR count). The summed E-state index contributed by atoms with van der Waals surface area (Å²) in [5.74, 6) is -0.114. The number of hydrogen-bond acceptors (Lipinski definition) is 4. The van der Waals surface area contributed by atoms with Gasteiger partial charge < -0.3 is 15.5 Å². The second kappa shape index (κ2) is 8.39. The molecular weight excluding hydrogens is 337 g/mol.